The molecule has 0 radical (unpaired) electrons. The zero-order valence-electron chi connectivity index (χ0n) is 14.2. The third kappa shape index (κ3) is 3.50. The molecule has 1 atom stereocenters. The maximum Gasteiger partial charge on any atom is 0.254 e. The van der Waals surface area contributed by atoms with Crippen molar-refractivity contribution in [2.75, 3.05) is 6.54 Å². The highest BCUT2D eigenvalue weighted by Gasteiger charge is 2.19. The van der Waals surface area contributed by atoms with Gasteiger partial charge in [0, 0.05) is 6.54 Å². The minimum absolute atomic E-state index is 0.00239. The SMILES string of the molecule is Cc1ccc2c(c1C)=NC(=O)C(CCNC(=O)c1ccccc1F)C=2. The highest BCUT2D eigenvalue weighted by atomic mass is 19.1. The molecule has 2 aromatic carbocycles. The lowest BCUT2D eigenvalue weighted by molar-refractivity contribution is -0.120. The maximum atomic E-state index is 13.6. The summed E-state index contributed by atoms with van der Waals surface area (Å²) in [7, 11) is 0. The Bertz CT molecular complexity index is 966. The number of nitrogens with zero attached hydrogens (tertiary/aromatic N) is 1. The largest absolute Gasteiger partial charge is 0.352 e. The van der Waals surface area contributed by atoms with Gasteiger partial charge >= 0.3 is 0 Å². The van der Waals surface area contributed by atoms with Crippen molar-refractivity contribution in [3.63, 3.8) is 0 Å². The van der Waals surface area contributed by atoms with Gasteiger partial charge < -0.3 is 5.32 Å². The van der Waals surface area contributed by atoms with Crippen LogP contribution >= 0.6 is 0 Å². The fourth-order valence-electron chi connectivity index (χ4n) is 2.87. The second kappa shape index (κ2) is 6.97. The molecule has 0 saturated carbocycles. The van der Waals surface area contributed by atoms with Gasteiger partial charge in [-0.1, -0.05) is 30.3 Å². The predicted molar refractivity (Wildman–Crippen MR) is 93.0 cm³/mol. The monoisotopic (exact) mass is 338 g/mol. The Morgan fingerprint density at radius 3 is 2.72 bits per heavy atom. The van der Waals surface area contributed by atoms with Crippen molar-refractivity contribution in [1.82, 2.24) is 5.32 Å². The van der Waals surface area contributed by atoms with Gasteiger partial charge in [-0.15, -0.1) is 0 Å². The van der Waals surface area contributed by atoms with Crippen LogP contribution in [-0.2, 0) is 4.79 Å². The minimum atomic E-state index is -0.560. The molecule has 0 spiro atoms. The maximum absolute atomic E-state index is 13.6. The van der Waals surface area contributed by atoms with E-state index in [-0.39, 0.29) is 23.9 Å². The number of hydrogen-bond acceptors (Lipinski definition) is 2. The molecule has 1 aliphatic heterocycles. The van der Waals surface area contributed by atoms with Gasteiger partial charge in [-0.05, 0) is 48.7 Å². The summed E-state index contributed by atoms with van der Waals surface area (Å²) in [6.45, 7) is 4.21. The Morgan fingerprint density at radius 2 is 1.96 bits per heavy atom. The zero-order chi connectivity index (χ0) is 18.0. The molecule has 128 valence electrons. The molecule has 0 bridgehead atoms. The van der Waals surface area contributed by atoms with E-state index in [1.54, 1.807) is 6.07 Å². The van der Waals surface area contributed by atoms with Crippen LogP contribution in [0.15, 0.2) is 41.4 Å². The van der Waals surface area contributed by atoms with Crippen LogP contribution in [0.25, 0.3) is 6.08 Å². The molecule has 5 heteroatoms. The molecule has 4 nitrogen and oxygen atoms in total. The number of rotatable bonds is 4. The fraction of sp³-hybridized carbons (Fsp3) is 0.250. The van der Waals surface area contributed by atoms with Gasteiger partial charge in [0.25, 0.3) is 11.8 Å². The standard InChI is InChI=1S/C20H19FN2O2/c1-12-7-8-14-11-15(19(24)23-18(14)13(12)2)9-10-22-20(25)16-5-3-4-6-17(16)21/h3-8,11,15H,9-10H2,1-2H3,(H,22,25). The number of halogens is 1. The van der Waals surface area contributed by atoms with Crippen molar-refractivity contribution in [3.8, 4) is 0 Å². The molecule has 1 aliphatic rings. The first-order chi connectivity index (χ1) is 12.0. The number of carbonyl (C=O) groups is 2. The molecule has 0 aromatic heterocycles. The summed E-state index contributed by atoms with van der Waals surface area (Å²) in [5.41, 5.74) is 2.11. The van der Waals surface area contributed by atoms with Crippen LogP contribution in [0.4, 0.5) is 4.39 Å². The topological polar surface area (TPSA) is 58.5 Å². The van der Waals surface area contributed by atoms with Crippen LogP contribution in [0.2, 0.25) is 0 Å². The second-order valence-electron chi connectivity index (χ2n) is 6.19. The van der Waals surface area contributed by atoms with Crippen molar-refractivity contribution in [2.24, 2.45) is 10.9 Å². The average Bonchev–Trinajstić information content (AvgIpc) is 2.60. The van der Waals surface area contributed by atoms with Crippen LogP contribution < -0.4 is 15.9 Å². The molecule has 1 heterocycles. The second-order valence-corrected chi connectivity index (χ2v) is 6.19. The minimum Gasteiger partial charge on any atom is -0.352 e. The number of nitrogens with one attached hydrogen (secondary N) is 1. The average molecular weight is 338 g/mol. The van der Waals surface area contributed by atoms with Gasteiger partial charge in [0.05, 0.1) is 16.8 Å². The fourth-order valence-corrected chi connectivity index (χ4v) is 2.87. The first-order valence-electron chi connectivity index (χ1n) is 8.20. The molecule has 0 saturated heterocycles. The Hall–Kier alpha value is -2.82. The van der Waals surface area contributed by atoms with Gasteiger partial charge in [-0.25, -0.2) is 9.38 Å². The van der Waals surface area contributed by atoms with Crippen molar-refractivity contribution >= 4 is 17.9 Å². The van der Waals surface area contributed by atoms with Crippen LogP contribution in [-0.4, -0.2) is 18.4 Å². The van der Waals surface area contributed by atoms with E-state index in [0.717, 1.165) is 21.7 Å². The zero-order valence-corrected chi connectivity index (χ0v) is 14.2. The lowest BCUT2D eigenvalue weighted by atomic mass is 9.98. The highest BCUT2D eigenvalue weighted by molar-refractivity contribution is 5.94. The quantitative estimate of drug-likeness (QED) is 0.924. The lowest BCUT2D eigenvalue weighted by Gasteiger charge is -2.14. The lowest BCUT2D eigenvalue weighted by Crippen LogP contribution is -2.37. The van der Waals surface area contributed by atoms with E-state index in [1.807, 2.05) is 32.1 Å². The van der Waals surface area contributed by atoms with Gasteiger partial charge in [0.2, 0.25) is 0 Å². The number of hydrogen-bond donors (Lipinski definition) is 1. The molecule has 2 aromatic rings. The molecular weight excluding hydrogens is 319 g/mol. The Morgan fingerprint density at radius 1 is 1.20 bits per heavy atom. The molecule has 1 unspecified atom stereocenters. The van der Waals surface area contributed by atoms with E-state index >= 15 is 0 Å². The molecule has 25 heavy (non-hydrogen) atoms. The summed E-state index contributed by atoms with van der Waals surface area (Å²) < 4.78 is 13.6. The third-order valence-electron chi connectivity index (χ3n) is 4.51. The molecule has 0 aliphatic carbocycles. The van der Waals surface area contributed by atoms with Crippen LogP contribution in [0.3, 0.4) is 0 Å². The van der Waals surface area contributed by atoms with Gasteiger partial charge in [0.15, 0.2) is 0 Å². The first kappa shape index (κ1) is 17.0. The van der Waals surface area contributed by atoms with E-state index < -0.39 is 11.7 Å². The molecule has 1 N–H and O–H groups in total. The van der Waals surface area contributed by atoms with Gasteiger partial charge in [-0.3, -0.25) is 9.59 Å². The van der Waals surface area contributed by atoms with Crippen molar-refractivity contribution in [1.29, 1.82) is 0 Å². The van der Waals surface area contributed by atoms with Gasteiger partial charge in [0.1, 0.15) is 5.82 Å². The highest BCUT2D eigenvalue weighted by Crippen LogP contribution is 2.11. The Balaban J connectivity index is 1.69. The number of fused-ring (bicyclic) bond motifs is 1. The summed E-state index contributed by atoms with van der Waals surface area (Å²) in [5.74, 6) is -1.63. The summed E-state index contributed by atoms with van der Waals surface area (Å²) in [6.07, 6.45) is 2.32. The number of carbonyl (C=O) groups excluding carboxylic acids is 2. The predicted octanol–water partition coefficient (Wildman–Crippen LogP) is 1.82. The number of amides is 2. The summed E-state index contributed by atoms with van der Waals surface area (Å²) >= 11 is 0. The molecule has 3 rings (SSSR count). The first-order valence-corrected chi connectivity index (χ1v) is 8.20. The summed E-state index contributed by atoms with van der Waals surface area (Å²) in [6, 6.07) is 9.78. The number of aryl methyl sites for hydroxylation is 1. The van der Waals surface area contributed by atoms with E-state index in [1.165, 1.54) is 18.2 Å². The van der Waals surface area contributed by atoms with Crippen LogP contribution in [0.5, 0.6) is 0 Å². The van der Waals surface area contributed by atoms with E-state index in [9.17, 15) is 14.0 Å². The summed E-state index contributed by atoms with van der Waals surface area (Å²) in [5, 5.41) is 4.33. The van der Waals surface area contributed by atoms with E-state index in [0.29, 0.717) is 6.42 Å². The van der Waals surface area contributed by atoms with E-state index in [2.05, 4.69) is 10.3 Å². The summed E-state index contributed by atoms with van der Waals surface area (Å²) in [4.78, 5) is 28.5. The van der Waals surface area contributed by atoms with Gasteiger partial charge in [-0.2, -0.15) is 0 Å². The van der Waals surface area contributed by atoms with Crippen molar-refractivity contribution in [2.45, 2.75) is 20.3 Å². The Labute approximate surface area is 145 Å². The van der Waals surface area contributed by atoms with Crippen molar-refractivity contribution in [3.05, 3.63) is 69.5 Å². The molecule has 0 fully saturated rings. The molecule has 2 amide bonds. The Kier molecular flexibility index (Phi) is 4.74. The normalized spacial score (nSPS) is 15.8. The van der Waals surface area contributed by atoms with Crippen LogP contribution in [0.1, 0.15) is 27.9 Å². The third-order valence-corrected chi connectivity index (χ3v) is 4.51. The number of benzene rings is 2. The smallest absolute Gasteiger partial charge is 0.254 e. The van der Waals surface area contributed by atoms with Crippen molar-refractivity contribution < 1.29 is 14.0 Å². The van der Waals surface area contributed by atoms with Crippen LogP contribution in [0, 0.1) is 25.6 Å². The van der Waals surface area contributed by atoms with E-state index in [4.69, 9.17) is 0 Å². The molecular formula is C20H19FN2O2.